The summed E-state index contributed by atoms with van der Waals surface area (Å²) < 4.78 is 5.18. The molecule has 0 aliphatic rings. The Morgan fingerprint density at radius 1 is 1.61 bits per heavy atom. The van der Waals surface area contributed by atoms with Gasteiger partial charge in [-0.25, -0.2) is 4.79 Å². The zero-order valence-corrected chi connectivity index (χ0v) is 11.9. The number of amides is 1. The molecule has 0 unspecified atom stereocenters. The molecule has 2 N–H and O–H groups in total. The Morgan fingerprint density at radius 2 is 2.39 bits per heavy atom. The van der Waals surface area contributed by atoms with Gasteiger partial charge in [0.05, 0.1) is 6.54 Å². The Morgan fingerprint density at radius 3 is 3.00 bits per heavy atom. The van der Waals surface area contributed by atoms with E-state index in [1.165, 1.54) is 0 Å². The van der Waals surface area contributed by atoms with E-state index in [1.807, 2.05) is 17.5 Å². The lowest BCUT2D eigenvalue weighted by Crippen LogP contribution is -2.32. The quantitative estimate of drug-likeness (QED) is 0.829. The van der Waals surface area contributed by atoms with Gasteiger partial charge in [-0.05, 0) is 17.9 Å². The van der Waals surface area contributed by atoms with Gasteiger partial charge in [0.1, 0.15) is 6.61 Å². The van der Waals surface area contributed by atoms with Gasteiger partial charge in [0, 0.05) is 18.0 Å². The summed E-state index contributed by atoms with van der Waals surface area (Å²) >= 11 is 1.63. The van der Waals surface area contributed by atoms with Crippen molar-refractivity contribution in [1.29, 1.82) is 0 Å². The first-order valence-electron chi connectivity index (χ1n) is 6.29. The van der Waals surface area contributed by atoms with E-state index < -0.39 is 0 Å². The summed E-state index contributed by atoms with van der Waals surface area (Å²) in [5, 5.41) is 2.00. The van der Waals surface area contributed by atoms with E-state index in [9.17, 15) is 4.79 Å². The highest BCUT2D eigenvalue weighted by Crippen LogP contribution is 2.11. The van der Waals surface area contributed by atoms with Gasteiger partial charge in [0.2, 0.25) is 0 Å². The summed E-state index contributed by atoms with van der Waals surface area (Å²) in [5.74, 6) is 0. The number of thiophene rings is 1. The van der Waals surface area contributed by atoms with E-state index in [0.29, 0.717) is 13.2 Å². The van der Waals surface area contributed by atoms with Gasteiger partial charge in [-0.15, -0.1) is 11.3 Å². The second kappa shape index (κ2) is 8.11. The van der Waals surface area contributed by atoms with E-state index in [0.717, 1.165) is 24.1 Å². The molecule has 0 radical (unpaired) electrons. The lowest BCUT2D eigenvalue weighted by atomic mass is 10.1. The lowest BCUT2D eigenvalue weighted by molar-refractivity contribution is 0.102. The highest BCUT2D eigenvalue weighted by Gasteiger charge is 2.12. The summed E-state index contributed by atoms with van der Waals surface area (Å²) in [6.45, 7) is 3.00. The smallest absolute Gasteiger partial charge is 0.409 e. The number of unbranched alkanes of at least 4 members (excludes halogenated alkanes) is 1. The number of hydrogen-bond acceptors (Lipinski definition) is 4. The predicted octanol–water partition coefficient (Wildman–Crippen LogP) is 2.83. The second-order valence-corrected chi connectivity index (χ2v) is 5.45. The van der Waals surface area contributed by atoms with Crippen LogP contribution in [0.5, 0.6) is 0 Å². The van der Waals surface area contributed by atoms with Crippen molar-refractivity contribution in [1.82, 2.24) is 4.90 Å². The molecule has 4 nitrogen and oxygen atoms in total. The third-order valence-electron chi connectivity index (χ3n) is 2.63. The molecule has 1 heterocycles. The molecule has 0 saturated heterocycles. The van der Waals surface area contributed by atoms with Crippen molar-refractivity contribution in [3.63, 3.8) is 0 Å². The number of hydrogen-bond donors (Lipinski definition) is 1. The van der Waals surface area contributed by atoms with Crippen LogP contribution in [0.3, 0.4) is 0 Å². The van der Waals surface area contributed by atoms with Crippen LogP contribution in [0.4, 0.5) is 4.79 Å². The Hall–Kier alpha value is -1.07. The second-order valence-electron chi connectivity index (χ2n) is 4.41. The molecule has 0 fully saturated rings. The first kappa shape index (κ1) is 15.0. The molecule has 0 bridgehead atoms. The highest BCUT2D eigenvalue weighted by molar-refractivity contribution is 7.09. The molecule has 1 aromatic rings. The van der Waals surface area contributed by atoms with Gasteiger partial charge in [-0.1, -0.05) is 25.8 Å². The van der Waals surface area contributed by atoms with Crippen LogP contribution in [0.15, 0.2) is 17.5 Å². The standard InChI is InChI=1S/C13H22N2O2S/c1-3-4-6-11(14)10-17-13(16)15(2)9-12-7-5-8-18-12/h5,7-8,11H,3-4,6,9-10,14H2,1-2H3/t11-/m1/s1. The molecule has 102 valence electrons. The van der Waals surface area contributed by atoms with Crippen LogP contribution in [-0.2, 0) is 11.3 Å². The molecule has 1 rings (SSSR count). The Balaban J connectivity index is 2.23. The highest BCUT2D eigenvalue weighted by atomic mass is 32.1. The predicted molar refractivity (Wildman–Crippen MR) is 74.6 cm³/mol. The minimum Gasteiger partial charge on any atom is -0.448 e. The van der Waals surface area contributed by atoms with Gasteiger partial charge in [-0.2, -0.15) is 0 Å². The van der Waals surface area contributed by atoms with Crippen LogP contribution in [0, 0.1) is 0 Å². The van der Waals surface area contributed by atoms with Crippen LogP contribution in [0.2, 0.25) is 0 Å². The largest absolute Gasteiger partial charge is 0.448 e. The maximum Gasteiger partial charge on any atom is 0.409 e. The van der Waals surface area contributed by atoms with Crippen molar-refractivity contribution >= 4 is 17.4 Å². The number of carbonyl (C=O) groups excluding carboxylic acids is 1. The summed E-state index contributed by atoms with van der Waals surface area (Å²) in [7, 11) is 1.74. The SMILES string of the molecule is CCCC[C@@H](N)COC(=O)N(C)Cc1cccs1. The third-order valence-corrected chi connectivity index (χ3v) is 3.50. The van der Waals surface area contributed by atoms with E-state index in [4.69, 9.17) is 10.5 Å². The summed E-state index contributed by atoms with van der Waals surface area (Å²) in [5.41, 5.74) is 5.85. The Bertz CT molecular complexity index is 341. The summed E-state index contributed by atoms with van der Waals surface area (Å²) in [6, 6.07) is 3.92. The normalized spacial score (nSPS) is 12.2. The van der Waals surface area contributed by atoms with E-state index in [2.05, 4.69) is 6.92 Å². The Labute approximate surface area is 113 Å². The minimum atomic E-state index is -0.310. The summed E-state index contributed by atoms with van der Waals surface area (Å²) in [4.78, 5) is 14.4. The number of rotatable bonds is 7. The van der Waals surface area contributed by atoms with Gasteiger partial charge in [0.15, 0.2) is 0 Å². The van der Waals surface area contributed by atoms with E-state index in [1.54, 1.807) is 23.3 Å². The molecule has 18 heavy (non-hydrogen) atoms. The molecular formula is C13H22N2O2S. The maximum absolute atomic E-state index is 11.7. The van der Waals surface area contributed by atoms with Crippen molar-refractivity contribution in [2.24, 2.45) is 5.73 Å². The van der Waals surface area contributed by atoms with Crippen molar-refractivity contribution in [2.45, 2.75) is 38.8 Å². The van der Waals surface area contributed by atoms with Crippen molar-refractivity contribution in [3.8, 4) is 0 Å². The van der Waals surface area contributed by atoms with Gasteiger partial charge in [0.25, 0.3) is 0 Å². The van der Waals surface area contributed by atoms with Crippen LogP contribution < -0.4 is 5.73 Å². The molecule has 0 aromatic carbocycles. The van der Waals surface area contributed by atoms with Crippen LogP contribution in [-0.4, -0.2) is 30.7 Å². The zero-order chi connectivity index (χ0) is 13.4. The molecular weight excluding hydrogens is 248 g/mol. The molecule has 0 aliphatic carbocycles. The van der Waals surface area contributed by atoms with Gasteiger partial charge < -0.3 is 15.4 Å². The van der Waals surface area contributed by atoms with E-state index >= 15 is 0 Å². The monoisotopic (exact) mass is 270 g/mol. The molecule has 5 heteroatoms. The molecule has 0 saturated carbocycles. The average molecular weight is 270 g/mol. The minimum absolute atomic E-state index is 0.0518. The topological polar surface area (TPSA) is 55.6 Å². The Kier molecular flexibility index (Phi) is 6.75. The molecule has 1 aromatic heterocycles. The summed E-state index contributed by atoms with van der Waals surface area (Å²) in [6.07, 6.45) is 2.78. The number of ether oxygens (including phenoxy) is 1. The lowest BCUT2D eigenvalue weighted by Gasteiger charge is -2.18. The number of nitrogens with two attached hydrogens (primary N) is 1. The average Bonchev–Trinajstić information content (AvgIpc) is 2.86. The number of carbonyl (C=O) groups is 1. The third kappa shape index (κ3) is 5.51. The molecule has 1 atom stereocenters. The van der Waals surface area contributed by atoms with Crippen molar-refractivity contribution < 1.29 is 9.53 Å². The fourth-order valence-electron chi connectivity index (χ4n) is 1.54. The maximum atomic E-state index is 11.7. The van der Waals surface area contributed by atoms with Crippen molar-refractivity contribution in [3.05, 3.63) is 22.4 Å². The molecule has 0 spiro atoms. The molecule has 0 aliphatic heterocycles. The fourth-order valence-corrected chi connectivity index (χ4v) is 2.30. The van der Waals surface area contributed by atoms with Crippen LogP contribution in [0.1, 0.15) is 31.1 Å². The first-order valence-corrected chi connectivity index (χ1v) is 7.17. The van der Waals surface area contributed by atoms with Crippen LogP contribution >= 0.6 is 11.3 Å². The van der Waals surface area contributed by atoms with Gasteiger partial charge in [-0.3, -0.25) is 0 Å². The first-order chi connectivity index (χ1) is 8.63. The van der Waals surface area contributed by atoms with Crippen LogP contribution in [0.25, 0.3) is 0 Å². The fraction of sp³-hybridized carbons (Fsp3) is 0.615. The number of nitrogens with zero attached hydrogens (tertiary/aromatic N) is 1. The van der Waals surface area contributed by atoms with E-state index in [-0.39, 0.29) is 12.1 Å². The zero-order valence-electron chi connectivity index (χ0n) is 11.1. The van der Waals surface area contributed by atoms with Crippen molar-refractivity contribution in [2.75, 3.05) is 13.7 Å². The molecule has 1 amide bonds. The van der Waals surface area contributed by atoms with Gasteiger partial charge >= 0.3 is 6.09 Å².